The number of amides is 1. The highest BCUT2D eigenvalue weighted by atomic mass is 32.2. The van der Waals surface area contributed by atoms with Crippen molar-refractivity contribution in [3.05, 3.63) is 53.6 Å². The zero-order valence-electron chi connectivity index (χ0n) is 11.7. The van der Waals surface area contributed by atoms with Gasteiger partial charge in [-0.3, -0.25) is 4.79 Å². The fourth-order valence-electron chi connectivity index (χ4n) is 2.57. The van der Waals surface area contributed by atoms with Gasteiger partial charge in [-0.25, -0.2) is 0 Å². The first-order valence-electron chi connectivity index (χ1n) is 7.03. The van der Waals surface area contributed by atoms with Crippen LogP contribution in [0.4, 0.5) is 0 Å². The third kappa shape index (κ3) is 2.60. The molecule has 6 heteroatoms. The molecule has 0 bridgehead atoms. The van der Waals surface area contributed by atoms with E-state index in [4.69, 9.17) is 0 Å². The molecule has 0 aliphatic carbocycles. The SMILES string of the molecule is O=C(NCc1ccc2nsnc2c1)[C@H]1Cc2ccccc2S1. The predicted octanol–water partition coefficient (Wildman–Crippen LogP) is 3.02. The molecule has 4 nitrogen and oxygen atoms in total. The van der Waals surface area contributed by atoms with E-state index in [-0.39, 0.29) is 11.2 Å². The van der Waals surface area contributed by atoms with Crippen LogP contribution in [-0.4, -0.2) is 19.9 Å². The fourth-order valence-corrected chi connectivity index (χ4v) is 4.31. The Morgan fingerprint density at radius 1 is 1.18 bits per heavy atom. The molecule has 22 heavy (non-hydrogen) atoms. The van der Waals surface area contributed by atoms with Gasteiger partial charge in [0.1, 0.15) is 11.0 Å². The van der Waals surface area contributed by atoms with Gasteiger partial charge in [0.25, 0.3) is 0 Å². The molecule has 110 valence electrons. The van der Waals surface area contributed by atoms with E-state index in [1.165, 1.54) is 22.2 Å². The minimum atomic E-state index is -0.0259. The fraction of sp³-hybridized carbons (Fsp3) is 0.188. The van der Waals surface area contributed by atoms with Gasteiger partial charge in [-0.2, -0.15) is 8.75 Å². The summed E-state index contributed by atoms with van der Waals surface area (Å²) in [5, 5.41) is 3.00. The molecule has 1 N–H and O–H groups in total. The van der Waals surface area contributed by atoms with E-state index < -0.39 is 0 Å². The van der Waals surface area contributed by atoms with Crippen molar-refractivity contribution in [2.75, 3.05) is 0 Å². The predicted molar refractivity (Wildman–Crippen MR) is 89.1 cm³/mol. The number of hydrogen-bond acceptors (Lipinski definition) is 5. The molecule has 2 aromatic carbocycles. The lowest BCUT2D eigenvalue weighted by Crippen LogP contribution is -2.31. The van der Waals surface area contributed by atoms with E-state index in [0.29, 0.717) is 6.54 Å². The molecule has 0 saturated heterocycles. The second-order valence-electron chi connectivity index (χ2n) is 5.22. The second-order valence-corrected chi connectivity index (χ2v) is 7.00. The van der Waals surface area contributed by atoms with Crippen LogP contribution in [0.15, 0.2) is 47.4 Å². The van der Waals surface area contributed by atoms with Gasteiger partial charge >= 0.3 is 0 Å². The Morgan fingerprint density at radius 2 is 2.05 bits per heavy atom. The van der Waals surface area contributed by atoms with Gasteiger partial charge in [-0.1, -0.05) is 24.3 Å². The van der Waals surface area contributed by atoms with Crippen LogP contribution < -0.4 is 5.32 Å². The summed E-state index contributed by atoms with van der Waals surface area (Å²) < 4.78 is 8.41. The molecule has 1 atom stereocenters. The van der Waals surface area contributed by atoms with Crippen LogP contribution in [0.25, 0.3) is 11.0 Å². The van der Waals surface area contributed by atoms with Crippen molar-refractivity contribution in [2.24, 2.45) is 0 Å². The average molecular weight is 327 g/mol. The number of thioether (sulfide) groups is 1. The number of nitrogens with one attached hydrogen (secondary N) is 1. The van der Waals surface area contributed by atoms with Gasteiger partial charge in [0.15, 0.2) is 0 Å². The normalized spacial score (nSPS) is 16.6. The largest absolute Gasteiger partial charge is 0.351 e. The van der Waals surface area contributed by atoms with Crippen molar-refractivity contribution < 1.29 is 4.79 Å². The number of carbonyl (C=O) groups is 1. The van der Waals surface area contributed by atoms with Gasteiger partial charge in [0, 0.05) is 11.4 Å². The van der Waals surface area contributed by atoms with Gasteiger partial charge in [-0.05, 0) is 35.7 Å². The molecular weight excluding hydrogens is 314 g/mol. The van der Waals surface area contributed by atoms with E-state index in [0.717, 1.165) is 23.0 Å². The Kier molecular flexibility index (Phi) is 3.56. The summed E-state index contributed by atoms with van der Waals surface area (Å²) >= 11 is 2.86. The van der Waals surface area contributed by atoms with Crippen molar-refractivity contribution in [1.29, 1.82) is 0 Å². The van der Waals surface area contributed by atoms with Crippen molar-refractivity contribution >= 4 is 40.4 Å². The molecular formula is C16H13N3OS2. The maximum Gasteiger partial charge on any atom is 0.234 e. The lowest BCUT2D eigenvalue weighted by atomic mass is 10.1. The lowest BCUT2D eigenvalue weighted by Gasteiger charge is -2.10. The summed E-state index contributed by atoms with van der Waals surface area (Å²) in [6.07, 6.45) is 0.807. The molecule has 0 fully saturated rings. The van der Waals surface area contributed by atoms with Crippen molar-refractivity contribution in [2.45, 2.75) is 23.1 Å². The number of fused-ring (bicyclic) bond motifs is 2. The molecule has 4 rings (SSSR count). The minimum Gasteiger partial charge on any atom is -0.351 e. The summed E-state index contributed by atoms with van der Waals surface area (Å²) in [5.41, 5.74) is 4.11. The molecule has 0 radical (unpaired) electrons. The van der Waals surface area contributed by atoms with Crippen LogP contribution in [0.1, 0.15) is 11.1 Å². The first kappa shape index (κ1) is 13.7. The number of aromatic nitrogens is 2. The van der Waals surface area contributed by atoms with Crippen molar-refractivity contribution in [3.63, 3.8) is 0 Å². The van der Waals surface area contributed by atoms with Crippen LogP contribution in [0.5, 0.6) is 0 Å². The van der Waals surface area contributed by atoms with Gasteiger partial charge in [0.2, 0.25) is 5.91 Å². The zero-order chi connectivity index (χ0) is 14.9. The van der Waals surface area contributed by atoms with Gasteiger partial charge in [0.05, 0.1) is 17.0 Å². The number of hydrogen-bond donors (Lipinski definition) is 1. The second kappa shape index (κ2) is 5.70. The highest BCUT2D eigenvalue weighted by Gasteiger charge is 2.27. The van der Waals surface area contributed by atoms with Gasteiger partial charge < -0.3 is 5.32 Å². The Balaban J connectivity index is 1.41. The number of nitrogens with zero attached hydrogens (tertiary/aromatic N) is 2. The van der Waals surface area contributed by atoms with Crippen LogP contribution in [-0.2, 0) is 17.8 Å². The summed E-state index contributed by atoms with van der Waals surface area (Å²) in [7, 11) is 0. The Labute approximate surface area is 136 Å². The molecule has 0 unspecified atom stereocenters. The van der Waals surface area contributed by atoms with E-state index >= 15 is 0 Å². The van der Waals surface area contributed by atoms with E-state index in [1.807, 2.05) is 30.3 Å². The Bertz CT molecular complexity index is 821. The Morgan fingerprint density at radius 3 is 2.95 bits per heavy atom. The van der Waals surface area contributed by atoms with E-state index in [9.17, 15) is 4.79 Å². The zero-order valence-corrected chi connectivity index (χ0v) is 13.3. The molecule has 1 aromatic heterocycles. The quantitative estimate of drug-likeness (QED) is 0.803. The monoisotopic (exact) mass is 327 g/mol. The number of benzene rings is 2. The van der Waals surface area contributed by atoms with E-state index in [2.05, 4.69) is 26.2 Å². The average Bonchev–Trinajstić information content (AvgIpc) is 3.18. The summed E-state index contributed by atoms with van der Waals surface area (Å²) in [4.78, 5) is 13.6. The van der Waals surface area contributed by atoms with Crippen molar-refractivity contribution in [3.8, 4) is 0 Å². The number of rotatable bonds is 3. The molecule has 1 aliphatic rings. The first-order chi connectivity index (χ1) is 10.8. The molecule has 0 saturated carbocycles. The summed E-state index contributed by atoms with van der Waals surface area (Å²) in [6, 6.07) is 14.1. The minimum absolute atomic E-state index is 0.0259. The highest BCUT2D eigenvalue weighted by molar-refractivity contribution is 8.01. The third-order valence-electron chi connectivity index (χ3n) is 3.72. The van der Waals surface area contributed by atoms with Crippen LogP contribution in [0, 0.1) is 0 Å². The highest BCUT2D eigenvalue weighted by Crippen LogP contribution is 2.36. The molecule has 2 heterocycles. The van der Waals surface area contributed by atoms with Crippen LogP contribution in [0.3, 0.4) is 0 Å². The maximum absolute atomic E-state index is 12.3. The third-order valence-corrected chi connectivity index (χ3v) is 5.60. The summed E-state index contributed by atoms with van der Waals surface area (Å²) in [5.74, 6) is 0.0951. The molecule has 0 spiro atoms. The smallest absolute Gasteiger partial charge is 0.234 e. The molecule has 1 aliphatic heterocycles. The first-order valence-corrected chi connectivity index (χ1v) is 8.64. The lowest BCUT2D eigenvalue weighted by molar-refractivity contribution is -0.120. The summed E-state index contributed by atoms with van der Waals surface area (Å²) in [6.45, 7) is 0.527. The molecule has 3 aromatic rings. The Hall–Kier alpha value is -1.92. The molecule has 1 amide bonds. The topological polar surface area (TPSA) is 54.9 Å². The van der Waals surface area contributed by atoms with Gasteiger partial charge in [-0.15, -0.1) is 11.8 Å². The van der Waals surface area contributed by atoms with Crippen LogP contribution in [0.2, 0.25) is 0 Å². The van der Waals surface area contributed by atoms with E-state index in [1.54, 1.807) is 11.8 Å². The van der Waals surface area contributed by atoms with Crippen LogP contribution >= 0.6 is 23.5 Å². The standard InChI is InChI=1S/C16H13N3OS2/c20-16(15-8-11-3-1-2-4-14(11)21-15)17-9-10-5-6-12-13(7-10)19-22-18-12/h1-7,15H,8-9H2,(H,17,20)/t15-/m1/s1. The maximum atomic E-state index is 12.3. The van der Waals surface area contributed by atoms with Crippen molar-refractivity contribution in [1.82, 2.24) is 14.1 Å². The number of carbonyl (C=O) groups excluding carboxylic acids is 1.